The van der Waals surface area contributed by atoms with Crippen LogP contribution in [0.3, 0.4) is 0 Å². The Labute approximate surface area is 118 Å². The number of rotatable bonds is 4. The lowest BCUT2D eigenvalue weighted by Crippen LogP contribution is -2.27. The first-order chi connectivity index (χ1) is 9.63. The second-order valence-electron chi connectivity index (χ2n) is 4.42. The summed E-state index contributed by atoms with van der Waals surface area (Å²) in [6, 6.07) is 10.9. The SMILES string of the molecule is COc1ncccc1C(=O)N(C)Cc1ccccc1N. The maximum Gasteiger partial charge on any atom is 0.259 e. The van der Waals surface area contributed by atoms with Crippen molar-refractivity contribution in [1.82, 2.24) is 9.88 Å². The second kappa shape index (κ2) is 6.06. The molecule has 0 atom stereocenters. The fraction of sp³-hybridized carbons (Fsp3) is 0.200. The zero-order chi connectivity index (χ0) is 14.5. The summed E-state index contributed by atoms with van der Waals surface area (Å²) in [6.07, 6.45) is 1.59. The monoisotopic (exact) mass is 271 g/mol. The Bertz CT molecular complexity index is 614. The van der Waals surface area contributed by atoms with Gasteiger partial charge in [0.15, 0.2) is 0 Å². The number of ether oxygens (including phenoxy) is 1. The molecule has 5 nitrogen and oxygen atoms in total. The van der Waals surface area contributed by atoms with Crippen molar-refractivity contribution in [2.24, 2.45) is 0 Å². The highest BCUT2D eigenvalue weighted by atomic mass is 16.5. The number of nitrogens with two attached hydrogens (primary N) is 1. The molecule has 5 heteroatoms. The molecule has 0 unspecified atom stereocenters. The molecule has 0 spiro atoms. The van der Waals surface area contributed by atoms with E-state index < -0.39 is 0 Å². The van der Waals surface area contributed by atoms with Gasteiger partial charge in [-0.1, -0.05) is 18.2 Å². The second-order valence-corrected chi connectivity index (χ2v) is 4.42. The predicted molar refractivity (Wildman–Crippen MR) is 77.4 cm³/mol. The van der Waals surface area contributed by atoms with Gasteiger partial charge in [-0.2, -0.15) is 0 Å². The lowest BCUT2D eigenvalue weighted by atomic mass is 10.1. The van der Waals surface area contributed by atoms with E-state index in [9.17, 15) is 4.79 Å². The van der Waals surface area contributed by atoms with E-state index in [1.807, 2.05) is 24.3 Å². The number of anilines is 1. The van der Waals surface area contributed by atoms with Gasteiger partial charge in [-0.25, -0.2) is 4.98 Å². The normalized spacial score (nSPS) is 10.1. The Hall–Kier alpha value is -2.56. The topological polar surface area (TPSA) is 68.5 Å². The standard InChI is InChI=1S/C15H17N3O2/c1-18(10-11-6-3-4-8-13(11)16)15(19)12-7-5-9-17-14(12)20-2/h3-9H,10,16H2,1-2H3. The smallest absolute Gasteiger partial charge is 0.259 e. The van der Waals surface area contributed by atoms with E-state index in [0.717, 1.165) is 5.56 Å². The number of methoxy groups -OCH3 is 1. The molecule has 0 saturated heterocycles. The van der Waals surface area contributed by atoms with Gasteiger partial charge in [0.1, 0.15) is 5.56 Å². The maximum absolute atomic E-state index is 12.4. The summed E-state index contributed by atoms with van der Waals surface area (Å²) >= 11 is 0. The van der Waals surface area contributed by atoms with Crippen molar-refractivity contribution in [3.8, 4) is 5.88 Å². The lowest BCUT2D eigenvalue weighted by molar-refractivity contribution is 0.0781. The van der Waals surface area contributed by atoms with Gasteiger partial charge >= 0.3 is 0 Å². The number of hydrogen-bond acceptors (Lipinski definition) is 4. The number of aromatic nitrogens is 1. The predicted octanol–water partition coefficient (Wildman–Crippen LogP) is 1.94. The number of benzene rings is 1. The van der Waals surface area contributed by atoms with Crippen LogP contribution >= 0.6 is 0 Å². The minimum absolute atomic E-state index is 0.154. The molecule has 0 aliphatic rings. The Kier molecular flexibility index (Phi) is 4.20. The van der Waals surface area contributed by atoms with Gasteiger partial charge in [0.05, 0.1) is 7.11 Å². The molecule has 0 bridgehead atoms. The molecule has 1 heterocycles. The van der Waals surface area contributed by atoms with E-state index in [2.05, 4.69) is 4.98 Å². The van der Waals surface area contributed by atoms with E-state index in [4.69, 9.17) is 10.5 Å². The number of amides is 1. The Balaban J connectivity index is 2.19. The highest BCUT2D eigenvalue weighted by Crippen LogP contribution is 2.18. The Morgan fingerprint density at radius 2 is 2.05 bits per heavy atom. The summed E-state index contributed by atoms with van der Waals surface area (Å²) in [5.74, 6) is 0.170. The van der Waals surface area contributed by atoms with E-state index >= 15 is 0 Å². The van der Waals surface area contributed by atoms with Crippen molar-refractivity contribution in [2.45, 2.75) is 6.54 Å². The largest absolute Gasteiger partial charge is 0.480 e. The van der Waals surface area contributed by atoms with E-state index in [0.29, 0.717) is 23.7 Å². The van der Waals surface area contributed by atoms with E-state index in [1.165, 1.54) is 7.11 Å². The number of nitrogens with zero attached hydrogens (tertiary/aromatic N) is 2. The molecular formula is C15H17N3O2. The third kappa shape index (κ3) is 2.88. The number of pyridine rings is 1. The summed E-state index contributed by atoms with van der Waals surface area (Å²) in [4.78, 5) is 18.0. The molecule has 0 aliphatic carbocycles. The molecule has 0 aliphatic heterocycles. The van der Waals surface area contributed by atoms with Gasteiger partial charge in [-0.15, -0.1) is 0 Å². The van der Waals surface area contributed by atoms with Crippen LogP contribution in [0, 0.1) is 0 Å². The van der Waals surface area contributed by atoms with Crippen LogP contribution in [0.5, 0.6) is 5.88 Å². The minimum atomic E-state index is -0.154. The van der Waals surface area contributed by atoms with Gasteiger partial charge in [0.2, 0.25) is 5.88 Å². The van der Waals surface area contributed by atoms with Crippen LogP contribution in [0.15, 0.2) is 42.6 Å². The van der Waals surface area contributed by atoms with Gasteiger partial charge in [-0.3, -0.25) is 4.79 Å². The number of carbonyl (C=O) groups excluding carboxylic acids is 1. The number of nitrogen functional groups attached to an aromatic ring is 1. The summed E-state index contributed by atoms with van der Waals surface area (Å²) in [7, 11) is 3.22. The van der Waals surface area contributed by atoms with E-state index in [-0.39, 0.29) is 5.91 Å². The molecule has 0 radical (unpaired) electrons. The molecule has 1 amide bonds. The van der Waals surface area contributed by atoms with Gasteiger partial charge < -0.3 is 15.4 Å². The first-order valence-electron chi connectivity index (χ1n) is 6.21. The average Bonchev–Trinajstić information content (AvgIpc) is 2.48. The molecule has 104 valence electrons. The van der Waals surface area contributed by atoms with E-state index in [1.54, 1.807) is 30.3 Å². The average molecular weight is 271 g/mol. The molecule has 20 heavy (non-hydrogen) atoms. The molecule has 2 aromatic rings. The van der Waals surface area contributed by atoms with Crippen LogP contribution in [0.1, 0.15) is 15.9 Å². The summed E-state index contributed by atoms with van der Waals surface area (Å²) in [5.41, 5.74) is 7.91. The van der Waals surface area contributed by atoms with Gasteiger partial charge in [0, 0.05) is 25.5 Å². The molecule has 0 fully saturated rings. The lowest BCUT2D eigenvalue weighted by Gasteiger charge is -2.19. The van der Waals surface area contributed by atoms with Crippen molar-refractivity contribution >= 4 is 11.6 Å². The molecular weight excluding hydrogens is 254 g/mol. The minimum Gasteiger partial charge on any atom is -0.480 e. The van der Waals surface area contributed by atoms with Gasteiger partial charge in [0.25, 0.3) is 5.91 Å². The molecule has 1 aromatic heterocycles. The quantitative estimate of drug-likeness (QED) is 0.863. The van der Waals surface area contributed by atoms with Crippen molar-refractivity contribution in [3.05, 3.63) is 53.7 Å². The maximum atomic E-state index is 12.4. The first-order valence-corrected chi connectivity index (χ1v) is 6.21. The van der Waals surface area contributed by atoms with Crippen LogP contribution in [0.4, 0.5) is 5.69 Å². The van der Waals surface area contributed by atoms with Crippen LogP contribution in [-0.4, -0.2) is 29.9 Å². The molecule has 1 aromatic carbocycles. The first kappa shape index (κ1) is 13.9. The third-order valence-corrected chi connectivity index (χ3v) is 3.00. The Morgan fingerprint density at radius 3 is 2.75 bits per heavy atom. The van der Waals surface area contributed by atoms with Crippen LogP contribution < -0.4 is 10.5 Å². The fourth-order valence-corrected chi connectivity index (χ4v) is 1.93. The number of carbonyl (C=O) groups is 1. The number of para-hydroxylation sites is 1. The summed E-state index contributed by atoms with van der Waals surface area (Å²) in [6.45, 7) is 0.434. The van der Waals surface area contributed by atoms with Crippen molar-refractivity contribution in [2.75, 3.05) is 19.9 Å². The van der Waals surface area contributed by atoms with Gasteiger partial charge in [-0.05, 0) is 23.8 Å². The fourth-order valence-electron chi connectivity index (χ4n) is 1.93. The van der Waals surface area contributed by atoms with Crippen LogP contribution in [0.25, 0.3) is 0 Å². The zero-order valence-corrected chi connectivity index (χ0v) is 11.5. The van der Waals surface area contributed by atoms with Crippen molar-refractivity contribution in [1.29, 1.82) is 0 Å². The summed E-state index contributed by atoms with van der Waals surface area (Å²) < 4.78 is 5.11. The van der Waals surface area contributed by atoms with Crippen LogP contribution in [-0.2, 0) is 6.54 Å². The summed E-state index contributed by atoms with van der Waals surface area (Å²) in [5, 5.41) is 0. The molecule has 2 rings (SSSR count). The van der Waals surface area contributed by atoms with Crippen LogP contribution in [0.2, 0.25) is 0 Å². The molecule has 0 saturated carbocycles. The van der Waals surface area contributed by atoms with Crippen molar-refractivity contribution in [3.63, 3.8) is 0 Å². The highest BCUT2D eigenvalue weighted by Gasteiger charge is 2.17. The molecule has 2 N–H and O–H groups in total. The Morgan fingerprint density at radius 1 is 1.30 bits per heavy atom. The van der Waals surface area contributed by atoms with Crippen molar-refractivity contribution < 1.29 is 9.53 Å². The third-order valence-electron chi connectivity index (χ3n) is 3.00. The number of hydrogen-bond donors (Lipinski definition) is 1. The highest BCUT2D eigenvalue weighted by molar-refractivity contribution is 5.96. The zero-order valence-electron chi connectivity index (χ0n) is 11.5.